The molecule has 0 amide bonds. The highest BCUT2D eigenvalue weighted by Gasteiger charge is 2.11. The SMILES string of the molecule is CCCCCCCCCCCCCCCCCCC(C)c1ccc(S(=O)(=O)O)cc1. The standard InChI is InChI=1S/C26H46O3S/c1-3-4-5-6-7-8-9-10-11-12-13-14-15-16-17-18-19-24(2)25-20-22-26(23-21-25)30(27,28)29/h20-24H,3-19H2,1-2H3,(H,27,28,29). The van der Waals surface area contributed by atoms with Crippen molar-refractivity contribution in [2.24, 2.45) is 0 Å². The Morgan fingerprint density at radius 3 is 1.40 bits per heavy atom. The molecule has 0 aliphatic rings. The van der Waals surface area contributed by atoms with Crippen LogP contribution in [-0.2, 0) is 10.1 Å². The molecular formula is C26H46O3S. The van der Waals surface area contributed by atoms with Crippen molar-refractivity contribution in [2.75, 3.05) is 0 Å². The Hall–Kier alpha value is -0.870. The maximum absolute atomic E-state index is 11.1. The molecule has 0 aromatic heterocycles. The van der Waals surface area contributed by atoms with E-state index < -0.39 is 10.1 Å². The van der Waals surface area contributed by atoms with Crippen LogP contribution in [0.1, 0.15) is 134 Å². The zero-order valence-electron chi connectivity index (χ0n) is 19.6. The molecule has 0 radical (unpaired) electrons. The number of hydrogen-bond donors (Lipinski definition) is 1. The van der Waals surface area contributed by atoms with Crippen LogP contribution in [0.25, 0.3) is 0 Å². The molecular weight excluding hydrogens is 392 g/mol. The highest BCUT2D eigenvalue weighted by Crippen LogP contribution is 2.24. The molecule has 0 saturated carbocycles. The monoisotopic (exact) mass is 438 g/mol. The predicted molar refractivity (Wildman–Crippen MR) is 129 cm³/mol. The van der Waals surface area contributed by atoms with Gasteiger partial charge in [-0.15, -0.1) is 0 Å². The van der Waals surface area contributed by atoms with Crippen LogP contribution in [0.5, 0.6) is 0 Å². The minimum absolute atomic E-state index is 0.0270. The third-order valence-electron chi connectivity index (χ3n) is 6.24. The molecule has 1 unspecified atom stereocenters. The van der Waals surface area contributed by atoms with E-state index in [9.17, 15) is 8.42 Å². The topological polar surface area (TPSA) is 54.4 Å². The Balaban J connectivity index is 1.91. The van der Waals surface area contributed by atoms with Crippen molar-refractivity contribution >= 4 is 10.1 Å². The lowest BCUT2D eigenvalue weighted by molar-refractivity contribution is 0.483. The third-order valence-corrected chi connectivity index (χ3v) is 7.11. The van der Waals surface area contributed by atoms with Crippen molar-refractivity contribution < 1.29 is 13.0 Å². The second kappa shape index (κ2) is 16.8. The van der Waals surface area contributed by atoms with Gasteiger partial charge in [0, 0.05) is 0 Å². The summed E-state index contributed by atoms with van der Waals surface area (Å²) in [6, 6.07) is 6.63. The van der Waals surface area contributed by atoms with Crippen LogP contribution in [-0.4, -0.2) is 13.0 Å². The van der Waals surface area contributed by atoms with Crippen molar-refractivity contribution in [1.82, 2.24) is 0 Å². The zero-order chi connectivity index (χ0) is 22.1. The summed E-state index contributed by atoms with van der Waals surface area (Å²) in [7, 11) is -4.09. The van der Waals surface area contributed by atoms with E-state index >= 15 is 0 Å². The molecule has 1 aromatic rings. The summed E-state index contributed by atoms with van der Waals surface area (Å²) in [5.41, 5.74) is 1.14. The van der Waals surface area contributed by atoms with Gasteiger partial charge in [0.25, 0.3) is 10.1 Å². The van der Waals surface area contributed by atoms with Crippen LogP contribution in [0.3, 0.4) is 0 Å². The third kappa shape index (κ3) is 13.4. The molecule has 30 heavy (non-hydrogen) atoms. The molecule has 0 aliphatic heterocycles. The summed E-state index contributed by atoms with van der Waals surface area (Å²) in [6.07, 6.45) is 23.3. The highest BCUT2D eigenvalue weighted by atomic mass is 32.2. The number of unbranched alkanes of at least 4 members (excludes halogenated alkanes) is 15. The minimum atomic E-state index is -4.09. The molecule has 1 aromatic carbocycles. The van der Waals surface area contributed by atoms with Gasteiger partial charge in [0.2, 0.25) is 0 Å². The fourth-order valence-corrected chi connectivity index (χ4v) is 4.61. The molecule has 1 rings (SSSR count). The van der Waals surface area contributed by atoms with Gasteiger partial charge in [-0.25, -0.2) is 0 Å². The van der Waals surface area contributed by atoms with Gasteiger partial charge < -0.3 is 0 Å². The van der Waals surface area contributed by atoms with E-state index in [0.29, 0.717) is 5.92 Å². The molecule has 3 nitrogen and oxygen atoms in total. The summed E-state index contributed by atoms with van der Waals surface area (Å²) in [5.74, 6) is 0.423. The first-order valence-electron chi connectivity index (χ1n) is 12.5. The molecule has 0 spiro atoms. The Morgan fingerprint density at radius 1 is 0.667 bits per heavy atom. The predicted octanol–water partition coefficient (Wildman–Crippen LogP) is 8.69. The highest BCUT2D eigenvalue weighted by molar-refractivity contribution is 7.85. The number of rotatable bonds is 19. The number of benzene rings is 1. The summed E-state index contributed by atoms with van der Waals surface area (Å²) < 4.78 is 31.3. The van der Waals surface area contributed by atoms with Crippen LogP contribution in [0.15, 0.2) is 29.2 Å². The average molecular weight is 439 g/mol. The van der Waals surface area contributed by atoms with Gasteiger partial charge in [-0.1, -0.05) is 129 Å². The lowest BCUT2D eigenvalue weighted by Gasteiger charge is -2.12. The van der Waals surface area contributed by atoms with Gasteiger partial charge in [0.05, 0.1) is 4.90 Å². The second-order valence-electron chi connectivity index (χ2n) is 9.04. The van der Waals surface area contributed by atoms with Gasteiger partial charge in [0.15, 0.2) is 0 Å². The normalized spacial score (nSPS) is 12.9. The summed E-state index contributed by atoms with van der Waals surface area (Å²) >= 11 is 0. The molecule has 0 saturated heterocycles. The van der Waals surface area contributed by atoms with Crippen LogP contribution in [0, 0.1) is 0 Å². The van der Waals surface area contributed by atoms with Crippen LogP contribution in [0.4, 0.5) is 0 Å². The smallest absolute Gasteiger partial charge is 0.282 e. The van der Waals surface area contributed by atoms with Crippen molar-refractivity contribution in [2.45, 2.75) is 134 Å². The first-order chi connectivity index (χ1) is 14.4. The molecule has 174 valence electrons. The maximum Gasteiger partial charge on any atom is 0.294 e. The Morgan fingerprint density at radius 2 is 1.03 bits per heavy atom. The number of hydrogen-bond acceptors (Lipinski definition) is 2. The van der Waals surface area contributed by atoms with Crippen molar-refractivity contribution in [1.29, 1.82) is 0 Å². The first-order valence-corrected chi connectivity index (χ1v) is 14.0. The van der Waals surface area contributed by atoms with E-state index in [1.807, 2.05) is 12.1 Å². The Kier molecular flexibility index (Phi) is 15.2. The van der Waals surface area contributed by atoms with E-state index in [1.165, 1.54) is 115 Å². The molecule has 4 heteroatoms. The lowest BCUT2D eigenvalue weighted by atomic mass is 9.94. The minimum Gasteiger partial charge on any atom is -0.282 e. The first kappa shape index (κ1) is 27.2. The lowest BCUT2D eigenvalue weighted by Crippen LogP contribution is -1.99. The molecule has 1 atom stereocenters. The van der Waals surface area contributed by atoms with Gasteiger partial charge in [-0.3, -0.25) is 4.55 Å². The van der Waals surface area contributed by atoms with Gasteiger partial charge in [-0.05, 0) is 30.0 Å². The van der Waals surface area contributed by atoms with Crippen molar-refractivity contribution in [3.05, 3.63) is 29.8 Å². The van der Waals surface area contributed by atoms with Crippen LogP contribution < -0.4 is 0 Å². The quantitative estimate of drug-likeness (QED) is 0.173. The van der Waals surface area contributed by atoms with E-state index in [4.69, 9.17) is 4.55 Å². The fraction of sp³-hybridized carbons (Fsp3) is 0.769. The summed E-state index contributed by atoms with van der Waals surface area (Å²) in [5, 5.41) is 0. The molecule has 0 fully saturated rings. The van der Waals surface area contributed by atoms with E-state index in [0.717, 1.165) is 12.0 Å². The van der Waals surface area contributed by atoms with Gasteiger partial charge >= 0.3 is 0 Å². The molecule has 1 N–H and O–H groups in total. The van der Waals surface area contributed by atoms with E-state index in [-0.39, 0.29) is 4.90 Å². The van der Waals surface area contributed by atoms with Gasteiger partial charge in [-0.2, -0.15) is 8.42 Å². The zero-order valence-corrected chi connectivity index (χ0v) is 20.4. The molecule has 0 aliphatic carbocycles. The summed E-state index contributed by atoms with van der Waals surface area (Å²) in [6.45, 7) is 4.47. The fourth-order valence-electron chi connectivity index (χ4n) is 4.13. The van der Waals surface area contributed by atoms with E-state index in [2.05, 4.69) is 13.8 Å². The van der Waals surface area contributed by atoms with Crippen LogP contribution in [0.2, 0.25) is 0 Å². The van der Waals surface area contributed by atoms with Crippen molar-refractivity contribution in [3.8, 4) is 0 Å². The molecule has 0 bridgehead atoms. The Bertz CT molecular complexity index is 622. The summed E-state index contributed by atoms with van der Waals surface area (Å²) in [4.78, 5) is -0.0270. The van der Waals surface area contributed by atoms with E-state index in [1.54, 1.807) is 0 Å². The largest absolute Gasteiger partial charge is 0.294 e. The van der Waals surface area contributed by atoms with Crippen LogP contribution >= 0.6 is 0 Å². The second-order valence-corrected chi connectivity index (χ2v) is 10.5. The van der Waals surface area contributed by atoms with Crippen molar-refractivity contribution in [3.63, 3.8) is 0 Å². The Labute approximate surface area is 186 Å². The van der Waals surface area contributed by atoms with Gasteiger partial charge in [0.1, 0.15) is 0 Å². The maximum atomic E-state index is 11.1. The average Bonchev–Trinajstić information content (AvgIpc) is 2.72. The molecule has 0 heterocycles.